The molecule has 0 bridgehead atoms. The zero-order valence-electron chi connectivity index (χ0n) is 12.4. The molecule has 0 radical (unpaired) electrons. The van der Waals surface area contributed by atoms with Gasteiger partial charge in [0.15, 0.2) is 5.16 Å². The van der Waals surface area contributed by atoms with Crippen LogP contribution in [0.4, 0.5) is 0 Å². The number of aromatic nitrogens is 4. The van der Waals surface area contributed by atoms with E-state index in [0.717, 1.165) is 18.2 Å². The zero-order valence-corrected chi connectivity index (χ0v) is 13.2. The van der Waals surface area contributed by atoms with Crippen molar-refractivity contribution in [3.05, 3.63) is 30.4 Å². The molecular weight excluding hydrogens is 286 g/mol. The number of rotatable bonds is 3. The maximum atomic E-state index is 12.7. The quantitative estimate of drug-likeness (QED) is 0.810. The van der Waals surface area contributed by atoms with Crippen LogP contribution in [-0.4, -0.2) is 41.9 Å². The summed E-state index contributed by atoms with van der Waals surface area (Å²) in [5, 5.41) is 8.48. The Bertz CT molecular complexity index is 649. The molecule has 0 N–H and O–H groups in total. The lowest BCUT2D eigenvalue weighted by Crippen LogP contribution is -2.44. The van der Waals surface area contributed by atoms with E-state index in [1.54, 1.807) is 6.33 Å². The van der Waals surface area contributed by atoms with Crippen molar-refractivity contribution < 1.29 is 4.79 Å². The van der Waals surface area contributed by atoms with Crippen LogP contribution in [-0.2, 0) is 18.4 Å². The van der Waals surface area contributed by atoms with Crippen LogP contribution in [0.25, 0.3) is 0 Å². The highest BCUT2D eigenvalue weighted by Crippen LogP contribution is 2.29. The second kappa shape index (κ2) is 5.55. The van der Waals surface area contributed by atoms with Gasteiger partial charge in [0.05, 0.1) is 11.3 Å². The van der Waals surface area contributed by atoms with Gasteiger partial charge in [0.1, 0.15) is 6.33 Å². The number of hydrogen-bond donors (Lipinski definition) is 0. The third-order valence-corrected chi connectivity index (χ3v) is 5.06. The molecule has 112 valence electrons. The van der Waals surface area contributed by atoms with Crippen molar-refractivity contribution in [2.24, 2.45) is 7.05 Å². The number of amides is 1. The van der Waals surface area contributed by atoms with E-state index in [-0.39, 0.29) is 17.2 Å². The first kappa shape index (κ1) is 14.2. The molecule has 2 aromatic rings. The summed E-state index contributed by atoms with van der Waals surface area (Å²) in [5.41, 5.74) is 1.20. The maximum Gasteiger partial charge on any atom is 0.236 e. The third kappa shape index (κ3) is 2.57. The fraction of sp³-hybridized carbons (Fsp3) is 0.500. The first-order chi connectivity index (χ1) is 10.1. The molecule has 7 heteroatoms. The van der Waals surface area contributed by atoms with E-state index in [1.165, 1.54) is 17.5 Å². The highest BCUT2D eigenvalue weighted by atomic mass is 32.2. The Kier molecular flexibility index (Phi) is 3.75. The highest BCUT2D eigenvalue weighted by molar-refractivity contribution is 8.00. The Labute approximate surface area is 128 Å². The monoisotopic (exact) mass is 305 g/mol. The minimum Gasteiger partial charge on any atom is -0.348 e. The van der Waals surface area contributed by atoms with Crippen molar-refractivity contribution >= 4 is 17.7 Å². The molecule has 0 fully saturated rings. The van der Waals surface area contributed by atoms with Crippen molar-refractivity contribution in [2.75, 3.05) is 6.54 Å². The van der Waals surface area contributed by atoms with Gasteiger partial charge >= 0.3 is 0 Å². The lowest BCUT2D eigenvalue weighted by molar-refractivity contribution is -0.133. The van der Waals surface area contributed by atoms with Crippen LogP contribution in [0, 0.1) is 0 Å². The maximum absolute atomic E-state index is 12.7. The molecule has 0 saturated carbocycles. The van der Waals surface area contributed by atoms with Gasteiger partial charge in [-0.05, 0) is 26.0 Å². The third-order valence-electron chi connectivity index (χ3n) is 3.92. The average molecular weight is 305 g/mol. The number of carbonyl (C=O) groups excluding carboxylic acids is 1. The number of fused-ring (bicyclic) bond motifs is 1. The zero-order chi connectivity index (χ0) is 15.0. The molecule has 2 aromatic heterocycles. The fourth-order valence-electron chi connectivity index (χ4n) is 2.70. The molecule has 3 heterocycles. The Morgan fingerprint density at radius 1 is 1.48 bits per heavy atom. The second-order valence-electron chi connectivity index (χ2n) is 5.32. The molecule has 0 aromatic carbocycles. The summed E-state index contributed by atoms with van der Waals surface area (Å²) in [4.78, 5) is 14.7. The van der Waals surface area contributed by atoms with Gasteiger partial charge in [0.2, 0.25) is 5.91 Å². The molecule has 2 atom stereocenters. The van der Waals surface area contributed by atoms with E-state index >= 15 is 0 Å². The molecule has 1 aliphatic heterocycles. The molecular formula is C14H19N5OS. The molecule has 1 aliphatic rings. The fourth-order valence-corrected chi connectivity index (χ4v) is 3.56. The summed E-state index contributed by atoms with van der Waals surface area (Å²) in [6.07, 6.45) is 3.72. The molecule has 0 unspecified atom stereocenters. The normalized spacial score (nSPS) is 19.4. The van der Waals surface area contributed by atoms with E-state index < -0.39 is 0 Å². The summed E-state index contributed by atoms with van der Waals surface area (Å²) < 4.78 is 4.05. The van der Waals surface area contributed by atoms with E-state index in [4.69, 9.17) is 0 Å². The molecule has 3 rings (SSSR count). The minimum atomic E-state index is -0.170. The SMILES string of the molecule is C[C@H](Sc1nncn1C)C(=O)N1CCn2cccc2[C@@H]1C. The minimum absolute atomic E-state index is 0.115. The summed E-state index contributed by atoms with van der Waals surface area (Å²) in [6.45, 7) is 5.63. The van der Waals surface area contributed by atoms with Gasteiger partial charge in [-0.25, -0.2) is 0 Å². The standard InChI is InChI=1S/C14H19N5OS/c1-10-12-5-4-6-18(12)7-8-19(10)13(20)11(2)21-14-16-15-9-17(14)3/h4-6,9-11H,7-8H2,1-3H3/t10-,11-/m0/s1. The molecule has 0 saturated heterocycles. The average Bonchev–Trinajstić information content (AvgIpc) is 3.08. The molecule has 0 aliphatic carbocycles. The van der Waals surface area contributed by atoms with Crippen molar-refractivity contribution in [1.82, 2.24) is 24.2 Å². The number of hydrogen-bond acceptors (Lipinski definition) is 4. The van der Waals surface area contributed by atoms with Crippen LogP contribution in [0.5, 0.6) is 0 Å². The van der Waals surface area contributed by atoms with Gasteiger partial charge in [-0.1, -0.05) is 11.8 Å². The number of aryl methyl sites for hydroxylation is 1. The smallest absolute Gasteiger partial charge is 0.236 e. The van der Waals surface area contributed by atoms with Crippen molar-refractivity contribution in [3.8, 4) is 0 Å². The van der Waals surface area contributed by atoms with Gasteiger partial charge in [-0.2, -0.15) is 0 Å². The molecule has 21 heavy (non-hydrogen) atoms. The Hall–Kier alpha value is -1.76. The first-order valence-electron chi connectivity index (χ1n) is 7.04. The molecule has 6 nitrogen and oxygen atoms in total. The van der Waals surface area contributed by atoms with Crippen molar-refractivity contribution in [2.45, 2.75) is 36.8 Å². The van der Waals surface area contributed by atoms with Crippen molar-refractivity contribution in [1.29, 1.82) is 0 Å². The topological polar surface area (TPSA) is 56.0 Å². The summed E-state index contributed by atoms with van der Waals surface area (Å²) in [7, 11) is 1.88. The predicted octanol–water partition coefficient (Wildman–Crippen LogP) is 1.70. The predicted molar refractivity (Wildman–Crippen MR) is 80.9 cm³/mol. The van der Waals surface area contributed by atoms with Crippen LogP contribution in [0.1, 0.15) is 25.6 Å². The largest absolute Gasteiger partial charge is 0.348 e. The highest BCUT2D eigenvalue weighted by Gasteiger charge is 2.31. The van der Waals surface area contributed by atoms with Gasteiger partial charge in [-0.15, -0.1) is 10.2 Å². The number of thioether (sulfide) groups is 1. The van der Waals surface area contributed by atoms with Crippen LogP contribution < -0.4 is 0 Å². The van der Waals surface area contributed by atoms with E-state index in [1.807, 2.05) is 29.5 Å². The summed E-state index contributed by atoms with van der Waals surface area (Å²) in [5.74, 6) is 0.156. The molecule has 0 spiro atoms. The van der Waals surface area contributed by atoms with E-state index in [9.17, 15) is 4.79 Å². The first-order valence-corrected chi connectivity index (χ1v) is 7.92. The van der Waals surface area contributed by atoms with Crippen LogP contribution in [0.3, 0.4) is 0 Å². The van der Waals surface area contributed by atoms with Gasteiger partial charge < -0.3 is 14.0 Å². The Morgan fingerprint density at radius 3 is 3.00 bits per heavy atom. The van der Waals surface area contributed by atoms with E-state index in [2.05, 4.69) is 34.0 Å². The van der Waals surface area contributed by atoms with Gasteiger partial charge in [-0.3, -0.25) is 4.79 Å². The van der Waals surface area contributed by atoms with Crippen LogP contribution >= 0.6 is 11.8 Å². The van der Waals surface area contributed by atoms with Gasteiger partial charge in [0, 0.05) is 32.0 Å². The molecule has 1 amide bonds. The number of nitrogens with zero attached hydrogens (tertiary/aromatic N) is 5. The number of carbonyl (C=O) groups is 1. The van der Waals surface area contributed by atoms with Crippen molar-refractivity contribution in [3.63, 3.8) is 0 Å². The Balaban J connectivity index is 1.72. The van der Waals surface area contributed by atoms with Gasteiger partial charge in [0.25, 0.3) is 0 Å². The van der Waals surface area contributed by atoms with Crippen LogP contribution in [0.2, 0.25) is 0 Å². The van der Waals surface area contributed by atoms with E-state index in [0.29, 0.717) is 0 Å². The summed E-state index contributed by atoms with van der Waals surface area (Å²) >= 11 is 1.46. The lowest BCUT2D eigenvalue weighted by atomic mass is 10.1. The lowest BCUT2D eigenvalue weighted by Gasteiger charge is -2.36. The summed E-state index contributed by atoms with van der Waals surface area (Å²) in [6, 6.07) is 4.24. The second-order valence-corrected chi connectivity index (χ2v) is 6.63. The van der Waals surface area contributed by atoms with Crippen LogP contribution in [0.15, 0.2) is 29.8 Å². The Morgan fingerprint density at radius 2 is 2.29 bits per heavy atom.